The molecule has 1 unspecified atom stereocenters. The molecule has 0 spiro atoms. The summed E-state index contributed by atoms with van der Waals surface area (Å²) in [5.74, 6) is 0.409. The zero-order valence-corrected chi connectivity index (χ0v) is 22.1. The quantitative estimate of drug-likeness (QED) is 0.264. The number of phenolic OH excluding ortho intramolecular Hbond substituents is 1. The average molecular weight is 529 g/mol. The largest absolute Gasteiger partial charge is 0.507 e. The number of fused-ring (bicyclic) bond motifs is 2. The van der Waals surface area contributed by atoms with Crippen molar-refractivity contribution in [2.45, 2.75) is 32.3 Å². The lowest BCUT2D eigenvalue weighted by Gasteiger charge is -2.13. The highest BCUT2D eigenvalue weighted by Crippen LogP contribution is 2.33. The number of carbonyl (C=O) groups is 2. The summed E-state index contributed by atoms with van der Waals surface area (Å²) in [6, 6.07) is 24.4. The lowest BCUT2D eigenvalue weighted by molar-refractivity contribution is -0.122. The molecule has 9 heteroatoms. The molecule has 2 heterocycles. The van der Waals surface area contributed by atoms with Crippen LogP contribution in [0.5, 0.6) is 5.75 Å². The van der Waals surface area contributed by atoms with Gasteiger partial charge in [0, 0.05) is 42.9 Å². The maximum absolute atomic E-state index is 12.8. The van der Waals surface area contributed by atoms with Crippen LogP contribution in [0.1, 0.15) is 39.4 Å². The summed E-state index contributed by atoms with van der Waals surface area (Å²) in [6.07, 6.45) is 2.05. The Morgan fingerprint density at radius 1 is 1.00 bits per heavy atom. The molecule has 1 aliphatic rings. The van der Waals surface area contributed by atoms with Crippen molar-refractivity contribution >= 4 is 35.9 Å². The van der Waals surface area contributed by atoms with Gasteiger partial charge in [-0.25, -0.2) is 4.98 Å². The van der Waals surface area contributed by atoms with Crippen LogP contribution in [0.25, 0.3) is 16.9 Å². The topological polar surface area (TPSA) is 109 Å². The molecule has 0 bridgehead atoms. The Bertz CT molecular complexity index is 1730. The summed E-state index contributed by atoms with van der Waals surface area (Å²) in [6.45, 7) is 3.00. The summed E-state index contributed by atoms with van der Waals surface area (Å²) in [4.78, 5) is 29.9. The van der Waals surface area contributed by atoms with Gasteiger partial charge in [0.2, 0.25) is 5.91 Å². The van der Waals surface area contributed by atoms with Crippen molar-refractivity contribution < 1.29 is 14.7 Å². The van der Waals surface area contributed by atoms with Crippen molar-refractivity contribution in [1.82, 2.24) is 19.9 Å². The smallest absolute Gasteiger partial charge is 0.228 e. The second kappa shape index (κ2) is 10.7. The van der Waals surface area contributed by atoms with E-state index in [2.05, 4.69) is 22.6 Å². The van der Waals surface area contributed by atoms with E-state index in [0.717, 1.165) is 40.9 Å². The molecule has 8 nitrogen and oxygen atoms in total. The lowest BCUT2D eigenvalue weighted by Crippen LogP contribution is -2.28. The molecule has 1 aliphatic carbocycles. The maximum Gasteiger partial charge on any atom is 0.228 e. The molecule has 5 aromatic rings. The van der Waals surface area contributed by atoms with Crippen LogP contribution < -0.4 is 16.1 Å². The molecule has 2 aromatic heterocycles. The Balaban J connectivity index is 1.14. The van der Waals surface area contributed by atoms with Crippen molar-refractivity contribution in [1.29, 1.82) is 0 Å². The number of aromatic hydroxyl groups is 1. The normalized spacial score (nSPS) is 14.2. The molecule has 0 saturated heterocycles. The highest BCUT2D eigenvalue weighted by Gasteiger charge is 2.33. The van der Waals surface area contributed by atoms with E-state index < -0.39 is 5.92 Å². The van der Waals surface area contributed by atoms with Crippen LogP contribution >= 0.6 is 0 Å². The van der Waals surface area contributed by atoms with E-state index in [1.807, 2.05) is 66.9 Å². The van der Waals surface area contributed by atoms with Gasteiger partial charge in [0.25, 0.3) is 0 Å². The first-order valence-electron chi connectivity index (χ1n) is 13.4. The number of aromatic nitrogens is 3. The first kappa shape index (κ1) is 25.4. The highest BCUT2D eigenvalue weighted by molar-refractivity contribution is 6.54. The summed E-state index contributed by atoms with van der Waals surface area (Å²) >= 11 is 0. The van der Waals surface area contributed by atoms with Gasteiger partial charge in [-0.2, -0.15) is 9.61 Å². The van der Waals surface area contributed by atoms with Crippen LogP contribution in [-0.2, 0) is 17.9 Å². The lowest BCUT2D eigenvalue weighted by atomic mass is 9.75. The number of Topliss-reactive ketones (excluding diaryl/α,β-unsaturated/α-hetero) is 1. The number of nitrogens with one attached hydrogen (secondary N) is 2. The van der Waals surface area contributed by atoms with Crippen LogP contribution in [0.2, 0.25) is 6.82 Å². The number of carbonyl (C=O) groups excluding carboxylic acids is 2. The van der Waals surface area contributed by atoms with Gasteiger partial charge in [-0.15, -0.1) is 0 Å². The number of para-hydroxylation sites is 1. The molecule has 198 valence electrons. The number of rotatable bonds is 8. The average Bonchev–Trinajstić information content (AvgIpc) is 3.56. The predicted molar refractivity (Wildman–Crippen MR) is 156 cm³/mol. The minimum atomic E-state index is -0.428. The Kier molecular flexibility index (Phi) is 6.78. The summed E-state index contributed by atoms with van der Waals surface area (Å²) < 4.78 is 1.79. The highest BCUT2D eigenvalue weighted by atomic mass is 16.3. The van der Waals surface area contributed by atoms with Crippen molar-refractivity contribution in [3.63, 3.8) is 0 Å². The third-order valence-electron chi connectivity index (χ3n) is 7.41. The number of amides is 1. The van der Waals surface area contributed by atoms with E-state index >= 15 is 0 Å². The Morgan fingerprint density at radius 2 is 1.70 bits per heavy atom. The van der Waals surface area contributed by atoms with Gasteiger partial charge in [-0.3, -0.25) is 9.59 Å². The predicted octanol–water partition coefficient (Wildman–Crippen LogP) is 3.81. The number of nitrogens with zero attached hydrogens (tertiary/aromatic N) is 3. The molecular weight excluding hydrogens is 501 g/mol. The zero-order chi connectivity index (χ0) is 27.6. The molecular formula is C31H28BN5O3. The van der Waals surface area contributed by atoms with E-state index in [1.54, 1.807) is 22.7 Å². The second-order valence-corrected chi connectivity index (χ2v) is 9.96. The van der Waals surface area contributed by atoms with E-state index in [-0.39, 0.29) is 23.9 Å². The first-order chi connectivity index (χ1) is 19.5. The van der Waals surface area contributed by atoms with Crippen LogP contribution in [0.15, 0.2) is 85.1 Å². The molecule has 1 atom stereocenters. The zero-order valence-electron chi connectivity index (χ0n) is 22.1. The molecule has 40 heavy (non-hydrogen) atoms. The van der Waals surface area contributed by atoms with E-state index in [9.17, 15) is 14.7 Å². The minimum absolute atomic E-state index is 0.0211. The van der Waals surface area contributed by atoms with Gasteiger partial charge in [-0.1, -0.05) is 67.5 Å². The number of hydrogen-bond acceptors (Lipinski definition) is 6. The van der Waals surface area contributed by atoms with Crippen molar-refractivity contribution in [2.24, 2.45) is 0 Å². The Hall–Kier alpha value is -4.92. The Labute approximate surface area is 232 Å². The third-order valence-corrected chi connectivity index (χ3v) is 7.41. The molecule has 0 radical (unpaired) electrons. The SMILES string of the molecule is CBc1cnn2c(NCc3ccc(CNC(=O)C4CC(=O)c5ccccc54)cc3)cc(-c3ccccc3O)nc12. The third kappa shape index (κ3) is 4.82. The van der Waals surface area contributed by atoms with Gasteiger partial charge >= 0.3 is 0 Å². The first-order valence-corrected chi connectivity index (χ1v) is 13.4. The van der Waals surface area contributed by atoms with Crippen LogP contribution in [0.4, 0.5) is 5.82 Å². The molecule has 1 amide bonds. The number of phenols is 1. The monoisotopic (exact) mass is 529 g/mol. The molecule has 0 aliphatic heterocycles. The van der Waals surface area contributed by atoms with Gasteiger partial charge < -0.3 is 15.7 Å². The second-order valence-electron chi connectivity index (χ2n) is 9.96. The van der Waals surface area contributed by atoms with Crippen molar-refractivity contribution in [2.75, 3.05) is 5.32 Å². The van der Waals surface area contributed by atoms with Gasteiger partial charge in [0.1, 0.15) is 11.6 Å². The fraction of sp³-hybridized carbons (Fsp3) is 0.161. The van der Waals surface area contributed by atoms with E-state index in [1.165, 1.54) is 0 Å². The summed E-state index contributed by atoms with van der Waals surface area (Å²) in [5.41, 5.74) is 6.60. The maximum atomic E-state index is 12.8. The van der Waals surface area contributed by atoms with E-state index in [0.29, 0.717) is 29.9 Å². The van der Waals surface area contributed by atoms with E-state index in [4.69, 9.17) is 4.98 Å². The van der Waals surface area contributed by atoms with Crippen LogP contribution in [-0.4, -0.2) is 38.7 Å². The molecule has 0 fully saturated rings. The summed E-state index contributed by atoms with van der Waals surface area (Å²) in [7, 11) is 0.793. The molecule has 0 saturated carbocycles. The molecule has 6 rings (SSSR count). The number of benzene rings is 3. The van der Waals surface area contributed by atoms with Gasteiger partial charge in [-0.05, 0) is 34.3 Å². The number of ketones is 1. The molecule has 3 aromatic carbocycles. The molecule has 3 N–H and O–H groups in total. The fourth-order valence-corrected chi connectivity index (χ4v) is 5.19. The minimum Gasteiger partial charge on any atom is -0.507 e. The van der Waals surface area contributed by atoms with Crippen molar-refractivity contribution in [3.8, 4) is 17.0 Å². The standard InChI is InChI=1S/C31H28BN5O3/c1-32-25-18-35-37-29(15-26(36-30(25)37)23-8-4-5-9-27(23)38)33-16-19-10-12-20(13-11-19)17-34-31(40)24-14-28(39)22-7-3-2-6-21(22)24/h2-13,15,18,24,32-33,38H,14,16-17H2,1H3,(H,34,40). The Morgan fingerprint density at radius 3 is 2.45 bits per heavy atom. The number of hydrogen-bond donors (Lipinski definition) is 3. The van der Waals surface area contributed by atoms with Gasteiger partial charge in [0.05, 0.1) is 11.6 Å². The summed E-state index contributed by atoms with van der Waals surface area (Å²) in [5, 5.41) is 21.4. The van der Waals surface area contributed by atoms with Gasteiger partial charge in [0.15, 0.2) is 18.7 Å². The van der Waals surface area contributed by atoms with Crippen molar-refractivity contribution in [3.05, 3.63) is 107 Å². The number of anilines is 1. The fourth-order valence-electron chi connectivity index (χ4n) is 5.19. The van der Waals surface area contributed by atoms with Crippen LogP contribution in [0, 0.1) is 0 Å². The van der Waals surface area contributed by atoms with Crippen LogP contribution in [0.3, 0.4) is 0 Å².